The van der Waals surface area contributed by atoms with Gasteiger partial charge in [0, 0.05) is 18.7 Å². The van der Waals surface area contributed by atoms with Crippen LogP contribution in [-0.2, 0) is 14.8 Å². The van der Waals surface area contributed by atoms with Crippen LogP contribution in [0.3, 0.4) is 0 Å². The number of nitrogens with one attached hydrogen (secondary N) is 1. The third-order valence-corrected chi connectivity index (χ3v) is 6.20. The fourth-order valence-electron chi connectivity index (χ4n) is 2.86. The van der Waals surface area contributed by atoms with Crippen molar-refractivity contribution in [2.75, 3.05) is 38.7 Å². The van der Waals surface area contributed by atoms with Crippen molar-refractivity contribution in [3.05, 3.63) is 53.6 Å². The van der Waals surface area contributed by atoms with Crippen molar-refractivity contribution in [2.24, 2.45) is 0 Å². The number of hydrogen-bond acceptors (Lipinski definition) is 5. The highest BCUT2D eigenvalue weighted by Gasteiger charge is 2.27. The number of carbonyl (C=O) groups excluding carboxylic acids is 1. The van der Waals surface area contributed by atoms with Gasteiger partial charge in [0.05, 0.1) is 30.9 Å². The molecular formula is C19H22N2O5S. The Kier molecular flexibility index (Phi) is 5.79. The number of sulfonamides is 1. The summed E-state index contributed by atoms with van der Waals surface area (Å²) in [6, 6.07) is 11.6. The van der Waals surface area contributed by atoms with Crippen molar-refractivity contribution in [2.45, 2.75) is 11.8 Å². The Hall–Kier alpha value is -2.42. The van der Waals surface area contributed by atoms with Gasteiger partial charge in [0.25, 0.3) is 5.91 Å². The van der Waals surface area contributed by atoms with Gasteiger partial charge in [-0.2, -0.15) is 4.31 Å². The molecule has 144 valence electrons. The SMILES string of the molecule is COc1ccc(S(=O)(=O)N2CCOCC2)cc1NC(=O)c1cccc(C)c1. The lowest BCUT2D eigenvalue weighted by atomic mass is 10.1. The highest BCUT2D eigenvalue weighted by Crippen LogP contribution is 2.29. The van der Waals surface area contributed by atoms with Crippen LogP contribution >= 0.6 is 0 Å². The molecule has 8 heteroatoms. The average Bonchev–Trinajstić information content (AvgIpc) is 2.68. The summed E-state index contributed by atoms with van der Waals surface area (Å²) >= 11 is 0. The first-order valence-electron chi connectivity index (χ1n) is 8.56. The number of rotatable bonds is 5. The van der Waals surface area contributed by atoms with Crippen LogP contribution < -0.4 is 10.1 Å². The van der Waals surface area contributed by atoms with E-state index in [2.05, 4.69) is 5.32 Å². The number of methoxy groups -OCH3 is 1. The van der Waals surface area contributed by atoms with E-state index in [1.807, 2.05) is 13.0 Å². The molecule has 1 aliphatic heterocycles. The van der Waals surface area contributed by atoms with Gasteiger partial charge in [0.15, 0.2) is 0 Å². The van der Waals surface area contributed by atoms with Gasteiger partial charge in [-0.05, 0) is 37.3 Å². The smallest absolute Gasteiger partial charge is 0.255 e. The Balaban J connectivity index is 1.90. The zero-order chi connectivity index (χ0) is 19.4. The van der Waals surface area contributed by atoms with Gasteiger partial charge in [-0.15, -0.1) is 0 Å². The zero-order valence-electron chi connectivity index (χ0n) is 15.3. The highest BCUT2D eigenvalue weighted by atomic mass is 32.2. The molecule has 27 heavy (non-hydrogen) atoms. The summed E-state index contributed by atoms with van der Waals surface area (Å²) in [5.74, 6) is 0.0508. The fraction of sp³-hybridized carbons (Fsp3) is 0.316. The van der Waals surface area contributed by atoms with Crippen LogP contribution in [0.5, 0.6) is 5.75 Å². The molecule has 0 radical (unpaired) electrons. The van der Waals surface area contributed by atoms with Gasteiger partial charge < -0.3 is 14.8 Å². The molecule has 1 N–H and O–H groups in total. The number of benzene rings is 2. The van der Waals surface area contributed by atoms with Crippen LogP contribution in [0.1, 0.15) is 15.9 Å². The number of aryl methyl sites for hydroxylation is 1. The molecule has 1 fully saturated rings. The fourth-order valence-corrected chi connectivity index (χ4v) is 4.30. The first kappa shape index (κ1) is 19.3. The Morgan fingerprint density at radius 2 is 1.89 bits per heavy atom. The monoisotopic (exact) mass is 390 g/mol. The van der Waals surface area contributed by atoms with Gasteiger partial charge in [-0.3, -0.25) is 4.79 Å². The number of amides is 1. The third kappa shape index (κ3) is 4.29. The van der Waals surface area contributed by atoms with Gasteiger partial charge >= 0.3 is 0 Å². The Labute approximate surface area is 158 Å². The molecule has 1 amide bonds. The molecule has 0 aromatic heterocycles. The van der Waals surface area contributed by atoms with Crippen molar-refractivity contribution in [1.29, 1.82) is 0 Å². The Bertz CT molecular complexity index is 937. The number of carbonyl (C=O) groups is 1. The van der Waals surface area contributed by atoms with Gasteiger partial charge in [0.2, 0.25) is 10.0 Å². The van der Waals surface area contributed by atoms with Crippen LogP contribution in [0.25, 0.3) is 0 Å². The van der Waals surface area contributed by atoms with E-state index in [4.69, 9.17) is 9.47 Å². The number of morpholine rings is 1. The predicted octanol–water partition coefficient (Wildman–Crippen LogP) is 2.28. The molecule has 0 aliphatic carbocycles. The van der Waals surface area contributed by atoms with E-state index >= 15 is 0 Å². The van der Waals surface area contributed by atoms with E-state index in [-0.39, 0.29) is 10.8 Å². The van der Waals surface area contributed by atoms with E-state index in [1.54, 1.807) is 24.3 Å². The third-order valence-electron chi connectivity index (χ3n) is 4.31. The van der Waals surface area contributed by atoms with Crippen LogP contribution in [0.15, 0.2) is 47.4 Å². The second-order valence-corrected chi connectivity index (χ2v) is 8.14. The topological polar surface area (TPSA) is 84.9 Å². The number of anilines is 1. The maximum absolute atomic E-state index is 12.9. The van der Waals surface area contributed by atoms with E-state index in [0.29, 0.717) is 43.3 Å². The van der Waals surface area contributed by atoms with E-state index < -0.39 is 10.0 Å². The summed E-state index contributed by atoms with van der Waals surface area (Å²) in [5.41, 5.74) is 1.75. The zero-order valence-corrected chi connectivity index (χ0v) is 16.1. The molecule has 0 atom stereocenters. The Morgan fingerprint density at radius 1 is 1.15 bits per heavy atom. The normalized spacial score (nSPS) is 15.3. The largest absolute Gasteiger partial charge is 0.495 e. The van der Waals surface area contributed by atoms with Gasteiger partial charge in [-0.25, -0.2) is 8.42 Å². The molecule has 0 saturated carbocycles. The molecule has 0 unspecified atom stereocenters. The summed E-state index contributed by atoms with van der Waals surface area (Å²) < 4.78 is 37.6. The van der Waals surface area contributed by atoms with Crippen molar-refractivity contribution < 1.29 is 22.7 Å². The standard InChI is InChI=1S/C19H22N2O5S/c1-14-4-3-5-15(12-14)19(22)20-17-13-16(6-7-18(17)25-2)27(23,24)21-8-10-26-11-9-21/h3-7,12-13H,8-11H2,1-2H3,(H,20,22). The highest BCUT2D eigenvalue weighted by molar-refractivity contribution is 7.89. The summed E-state index contributed by atoms with van der Waals surface area (Å²) in [4.78, 5) is 12.7. The Morgan fingerprint density at radius 3 is 2.56 bits per heavy atom. The number of nitrogens with zero attached hydrogens (tertiary/aromatic N) is 1. The molecule has 2 aromatic carbocycles. The summed E-state index contributed by atoms with van der Waals surface area (Å²) in [6.07, 6.45) is 0. The van der Waals surface area contributed by atoms with Crippen molar-refractivity contribution >= 4 is 21.6 Å². The summed E-state index contributed by atoms with van der Waals surface area (Å²) in [5, 5.41) is 2.75. The minimum absolute atomic E-state index is 0.102. The molecular weight excluding hydrogens is 368 g/mol. The number of ether oxygens (including phenoxy) is 2. The predicted molar refractivity (Wildman–Crippen MR) is 102 cm³/mol. The van der Waals surface area contributed by atoms with E-state index in [0.717, 1.165) is 5.56 Å². The lowest BCUT2D eigenvalue weighted by molar-refractivity contribution is 0.0730. The van der Waals surface area contributed by atoms with Crippen LogP contribution in [0.2, 0.25) is 0 Å². The van der Waals surface area contributed by atoms with Crippen molar-refractivity contribution in [3.8, 4) is 5.75 Å². The molecule has 1 saturated heterocycles. The first-order valence-corrected chi connectivity index (χ1v) is 10.00. The van der Waals surface area contributed by atoms with Crippen molar-refractivity contribution in [3.63, 3.8) is 0 Å². The summed E-state index contributed by atoms with van der Waals surface area (Å²) in [7, 11) is -2.20. The minimum atomic E-state index is -3.67. The van der Waals surface area contributed by atoms with Gasteiger partial charge in [0.1, 0.15) is 5.75 Å². The van der Waals surface area contributed by atoms with Crippen molar-refractivity contribution in [1.82, 2.24) is 4.31 Å². The molecule has 1 aliphatic rings. The molecule has 2 aromatic rings. The molecule has 0 bridgehead atoms. The lowest BCUT2D eigenvalue weighted by Crippen LogP contribution is -2.40. The van der Waals surface area contributed by atoms with E-state index in [1.165, 1.54) is 23.5 Å². The van der Waals surface area contributed by atoms with Crippen LogP contribution in [0, 0.1) is 6.92 Å². The molecule has 1 heterocycles. The van der Waals surface area contributed by atoms with Gasteiger partial charge in [-0.1, -0.05) is 17.7 Å². The lowest BCUT2D eigenvalue weighted by Gasteiger charge is -2.26. The average molecular weight is 390 g/mol. The second-order valence-electron chi connectivity index (χ2n) is 6.20. The second kappa shape index (κ2) is 8.08. The molecule has 3 rings (SSSR count). The summed E-state index contributed by atoms with van der Waals surface area (Å²) in [6.45, 7) is 3.24. The maximum Gasteiger partial charge on any atom is 0.255 e. The van der Waals surface area contributed by atoms with Crippen LogP contribution in [0.4, 0.5) is 5.69 Å². The maximum atomic E-state index is 12.9. The number of hydrogen-bond donors (Lipinski definition) is 1. The minimum Gasteiger partial charge on any atom is -0.495 e. The van der Waals surface area contributed by atoms with E-state index in [9.17, 15) is 13.2 Å². The molecule has 0 spiro atoms. The quantitative estimate of drug-likeness (QED) is 0.847. The first-order chi connectivity index (χ1) is 12.9. The molecule has 7 nitrogen and oxygen atoms in total. The van der Waals surface area contributed by atoms with Crippen LogP contribution in [-0.4, -0.2) is 52.0 Å².